The highest BCUT2D eigenvalue weighted by Crippen LogP contribution is 2.10. The third kappa shape index (κ3) is 4.67. The second-order valence-electron chi connectivity index (χ2n) is 5.38. The summed E-state index contributed by atoms with van der Waals surface area (Å²) in [6.45, 7) is 6.19. The smallest absolute Gasteiger partial charge is 0.239 e. The molecule has 3 heteroatoms. The molecule has 1 aromatic rings. The van der Waals surface area contributed by atoms with Gasteiger partial charge in [0.1, 0.15) is 0 Å². The van der Waals surface area contributed by atoms with Gasteiger partial charge in [-0.25, -0.2) is 0 Å². The number of carbonyl (C=O) groups excluding carboxylic acids is 1. The Morgan fingerprint density at radius 3 is 2.42 bits per heavy atom. The monoisotopic (exact) mass is 262 g/mol. The summed E-state index contributed by atoms with van der Waals surface area (Å²) in [5.74, 6) is 0.0430. The van der Waals surface area contributed by atoms with Crippen molar-refractivity contribution in [3.05, 3.63) is 35.4 Å². The lowest BCUT2D eigenvalue weighted by atomic mass is 10.0. The first-order valence-electron chi connectivity index (χ1n) is 7.03. The highest BCUT2D eigenvalue weighted by atomic mass is 16.2. The summed E-state index contributed by atoms with van der Waals surface area (Å²) in [4.78, 5) is 13.9. The Balaban J connectivity index is 2.59. The van der Waals surface area contributed by atoms with Crippen molar-refractivity contribution in [1.82, 2.24) is 4.90 Å². The van der Waals surface area contributed by atoms with Gasteiger partial charge in [0.25, 0.3) is 0 Å². The van der Waals surface area contributed by atoms with Crippen molar-refractivity contribution >= 4 is 5.91 Å². The Labute approximate surface area is 116 Å². The molecule has 0 heterocycles. The molecule has 19 heavy (non-hydrogen) atoms. The van der Waals surface area contributed by atoms with Gasteiger partial charge in [0.15, 0.2) is 0 Å². The second-order valence-corrected chi connectivity index (χ2v) is 5.38. The van der Waals surface area contributed by atoms with Crippen molar-refractivity contribution in [2.45, 2.75) is 52.1 Å². The molecule has 0 aromatic heterocycles. The maximum absolute atomic E-state index is 12.1. The Kier molecular flexibility index (Phi) is 6.03. The maximum Gasteiger partial charge on any atom is 0.239 e. The fourth-order valence-corrected chi connectivity index (χ4v) is 2.12. The van der Waals surface area contributed by atoms with E-state index in [-0.39, 0.29) is 18.0 Å². The molecule has 0 aliphatic heterocycles. The van der Waals surface area contributed by atoms with Crippen LogP contribution in [0.15, 0.2) is 24.3 Å². The van der Waals surface area contributed by atoms with Gasteiger partial charge in [-0.2, -0.15) is 0 Å². The Morgan fingerprint density at radius 2 is 1.89 bits per heavy atom. The molecule has 0 aliphatic carbocycles. The molecule has 1 amide bonds. The highest BCUT2D eigenvalue weighted by molar-refractivity contribution is 5.81. The number of nitrogens with zero attached hydrogens (tertiary/aromatic N) is 1. The standard InChI is InChI=1S/C16H26N2O/c1-5-6-15(17)16(19)18(4)13(3)11-14-9-7-12(2)8-10-14/h7-10,13,15H,5-6,11,17H2,1-4H3. The summed E-state index contributed by atoms with van der Waals surface area (Å²) in [6.07, 6.45) is 2.55. The van der Waals surface area contributed by atoms with E-state index < -0.39 is 0 Å². The van der Waals surface area contributed by atoms with E-state index in [1.54, 1.807) is 4.90 Å². The molecule has 2 N–H and O–H groups in total. The van der Waals surface area contributed by atoms with Gasteiger partial charge in [0.05, 0.1) is 6.04 Å². The van der Waals surface area contributed by atoms with Crippen molar-refractivity contribution in [3.8, 4) is 0 Å². The van der Waals surface area contributed by atoms with Crippen molar-refractivity contribution in [3.63, 3.8) is 0 Å². The number of carbonyl (C=O) groups is 1. The quantitative estimate of drug-likeness (QED) is 0.856. The third-order valence-corrected chi connectivity index (χ3v) is 3.58. The Hall–Kier alpha value is -1.35. The van der Waals surface area contributed by atoms with Gasteiger partial charge in [0.2, 0.25) is 5.91 Å². The minimum atomic E-state index is -0.365. The fourth-order valence-electron chi connectivity index (χ4n) is 2.12. The van der Waals surface area contributed by atoms with Crippen LogP contribution in [-0.4, -0.2) is 29.9 Å². The highest BCUT2D eigenvalue weighted by Gasteiger charge is 2.21. The van der Waals surface area contributed by atoms with Crippen LogP contribution in [0.25, 0.3) is 0 Å². The van der Waals surface area contributed by atoms with E-state index >= 15 is 0 Å². The van der Waals surface area contributed by atoms with E-state index in [4.69, 9.17) is 5.73 Å². The van der Waals surface area contributed by atoms with Gasteiger partial charge in [-0.05, 0) is 32.3 Å². The van der Waals surface area contributed by atoms with E-state index in [9.17, 15) is 4.79 Å². The number of likely N-dealkylation sites (N-methyl/N-ethyl adjacent to an activating group) is 1. The zero-order valence-corrected chi connectivity index (χ0v) is 12.5. The molecule has 2 unspecified atom stereocenters. The van der Waals surface area contributed by atoms with E-state index in [0.717, 1.165) is 19.3 Å². The summed E-state index contributed by atoms with van der Waals surface area (Å²) in [5, 5.41) is 0. The number of benzene rings is 1. The molecule has 3 nitrogen and oxygen atoms in total. The molecule has 0 bridgehead atoms. The first-order valence-corrected chi connectivity index (χ1v) is 7.03. The summed E-state index contributed by atoms with van der Waals surface area (Å²) < 4.78 is 0. The minimum Gasteiger partial charge on any atom is -0.341 e. The number of hydrogen-bond acceptors (Lipinski definition) is 2. The van der Waals surface area contributed by atoms with Gasteiger partial charge in [-0.1, -0.05) is 43.2 Å². The number of amides is 1. The molecular weight excluding hydrogens is 236 g/mol. The zero-order valence-electron chi connectivity index (χ0n) is 12.5. The molecule has 0 saturated heterocycles. The summed E-state index contributed by atoms with van der Waals surface area (Å²) in [7, 11) is 1.84. The van der Waals surface area contributed by atoms with Crippen molar-refractivity contribution < 1.29 is 4.79 Å². The molecule has 106 valence electrons. The largest absolute Gasteiger partial charge is 0.341 e. The second kappa shape index (κ2) is 7.29. The van der Waals surface area contributed by atoms with Crippen LogP contribution in [0.3, 0.4) is 0 Å². The molecule has 0 radical (unpaired) electrons. The molecule has 2 atom stereocenters. The Bertz CT molecular complexity index is 400. The average molecular weight is 262 g/mol. The van der Waals surface area contributed by atoms with Gasteiger partial charge in [-0.3, -0.25) is 4.79 Å². The normalized spacial score (nSPS) is 13.9. The van der Waals surface area contributed by atoms with Crippen LogP contribution in [0, 0.1) is 6.92 Å². The summed E-state index contributed by atoms with van der Waals surface area (Å²) in [5.41, 5.74) is 8.40. The number of hydrogen-bond donors (Lipinski definition) is 1. The molecule has 0 fully saturated rings. The van der Waals surface area contributed by atoms with Crippen LogP contribution in [0.4, 0.5) is 0 Å². The maximum atomic E-state index is 12.1. The number of rotatable bonds is 6. The van der Waals surface area contributed by atoms with Crippen molar-refractivity contribution in [1.29, 1.82) is 0 Å². The SMILES string of the molecule is CCCC(N)C(=O)N(C)C(C)Cc1ccc(C)cc1. The fraction of sp³-hybridized carbons (Fsp3) is 0.562. The van der Waals surface area contributed by atoms with Crippen LogP contribution in [0.1, 0.15) is 37.8 Å². The topological polar surface area (TPSA) is 46.3 Å². The molecule has 1 aromatic carbocycles. The molecule has 0 saturated carbocycles. The number of aryl methyl sites for hydroxylation is 1. The molecule has 0 aliphatic rings. The lowest BCUT2D eigenvalue weighted by molar-refractivity contribution is -0.133. The van der Waals surface area contributed by atoms with Gasteiger partial charge in [-0.15, -0.1) is 0 Å². The lowest BCUT2D eigenvalue weighted by Crippen LogP contribution is -2.46. The average Bonchev–Trinajstić information content (AvgIpc) is 2.39. The van der Waals surface area contributed by atoms with E-state index in [0.29, 0.717) is 0 Å². The van der Waals surface area contributed by atoms with Crippen LogP contribution in [0.2, 0.25) is 0 Å². The zero-order chi connectivity index (χ0) is 14.4. The minimum absolute atomic E-state index is 0.0430. The van der Waals surface area contributed by atoms with E-state index in [2.05, 4.69) is 38.1 Å². The van der Waals surface area contributed by atoms with Crippen molar-refractivity contribution in [2.75, 3.05) is 7.05 Å². The Morgan fingerprint density at radius 1 is 1.32 bits per heavy atom. The summed E-state index contributed by atoms with van der Waals surface area (Å²) >= 11 is 0. The first-order chi connectivity index (χ1) is 8.95. The molecule has 1 rings (SSSR count). The lowest BCUT2D eigenvalue weighted by Gasteiger charge is -2.27. The van der Waals surface area contributed by atoms with Crippen LogP contribution < -0.4 is 5.73 Å². The van der Waals surface area contributed by atoms with E-state index in [1.165, 1.54) is 11.1 Å². The van der Waals surface area contributed by atoms with Crippen LogP contribution >= 0.6 is 0 Å². The van der Waals surface area contributed by atoms with Gasteiger partial charge < -0.3 is 10.6 Å². The van der Waals surface area contributed by atoms with Crippen LogP contribution in [0.5, 0.6) is 0 Å². The third-order valence-electron chi connectivity index (χ3n) is 3.58. The van der Waals surface area contributed by atoms with Crippen molar-refractivity contribution in [2.24, 2.45) is 5.73 Å². The first kappa shape index (κ1) is 15.7. The van der Waals surface area contributed by atoms with Gasteiger partial charge >= 0.3 is 0 Å². The molecule has 0 spiro atoms. The molecular formula is C16H26N2O. The predicted molar refractivity (Wildman–Crippen MR) is 80.0 cm³/mol. The van der Waals surface area contributed by atoms with Crippen LogP contribution in [-0.2, 0) is 11.2 Å². The van der Waals surface area contributed by atoms with Gasteiger partial charge in [0, 0.05) is 13.1 Å². The number of nitrogens with two attached hydrogens (primary N) is 1. The predicted octanol–water partition coefficient (Wildman–Crippen LogP) is 2.51. The van der Waals surface area contributed by atoms with E-state index in [1.807, 2.05) is 14.0 Å². The summed E-state index contributed by atoms with van der Waals surface area (Å²) in [6, 6.07) is 8.25.